The summed E-state index contributed by atoms with van der Waals surface area (Å²) in [5, 5.41) is 4.52. The zero-order valence-corrected chi connectivity index (χ0v) is 59.4. The van der Waals surface area contributed by atoms with E-state index in [0.717, 1.165) is 94.9 Å². The van der Waals surface area contributed by atoms with E-state index in [1.807, 2.05) is 0 Å². The second kappa shape index (κ2) is 22.1. The van der Waals surface area contributed by atoms with Crippen LogP contribution in [-0.4, -0.2) is 19.6 Å². The average molecular weight is 1210 g/mol. The fourth-order valence-corrected chi connectivity index (χ4v) is 16.3. The van der Waals surface area contributed by atoms with Gasteiger partial charge in [-0.15, -0.1) is 0 Å². The Bertz CT molecular complexity index is 4180. The second-order valence-electron chi connectivity index (χ2n) is 33.9. The first-order valence-corrected chi connectivity index (χ1v) is 34.6. The van der Waals surface area contributed by atoms with Gasteiger partial charge in [0.25, 0.3) is 0 Å². The molecule has 0 amide bonds. The van der Waals surface area contributed by atoms with Crippen molar-refractivity contribution in [2.45, 2.75) is 222 Å². The Labute approximate surface area is 531 Å². The fourth-order valence-electron chi connectivity index (χ4n) is 14.0. The lowest BCUT2D eigenvalue weighted by Crippen LogP contribution is -2.21. The van der Waals surface area contributed by atoms with Crippen LogP contribution in [0.4, 0.5) is 0 Å². The van der Waals surface area contributed by atoms with Crippen molar-refractivity contribution in [3.8, 4) is 44.5 Å². The molecule has 0 aromatic heterocycles. The van der Waals surface area contributed by atoms with E-state index in [0.29, 0.717) is 11.1 Å². The largest absolute Gasteiger partial charge is 0.349 e. The molecule has 0 heterocycles. The Morgan fingerprint density at radius 3 is 1.19 bits per heavy atom. The van der Waals surface area contributed by atoms with Gasteiger partial charge in [0, 0.05) is 5.31 Å². The third-order valence-electron chi connectivity index (χ3n) is 18.9. The fraction of sp³-hybridized carbons (Fsp3) is 0.415. The summed E-state index contributed by atoms with van der Waals surface area (Å²) >= 11 is 0. The minimum Gasteiger partial charge on any atom is -0.349 e. The number of hydrogen-bond donors (Lipinski definition) is 4. The van der Waals surface area contributed by atoms with E-state index in [1.54, 1.807) is 0 Å². The van der Waals surface area contributed by atoms with Crippen LogP contribution in [0, 0.1) is 0 Å². The van der Waals surface area contributed by atoms with Gasteiger partial charge in [0.05, 0.1) is 5.66 Å². The standard InChI is InChI=1S/C82H100O4P2/c1-75(2,3)49-32-37-53(61(43-49)79(13,14)15)55-41-42-60-70-66(55)68(57-38-33-50(76(4,5)6)44-62(57)80(16,17)18)69(58-39-34-51(77(7,8)9)45-63(58)81(19,20)21)67(56-36-31-48-28-25-27-47-29-26-30-54(56)65(47)48)72(70)71(74(88(85)86)73(60)87(83)84)59-40-35-52(78(10,11)12)46-64(59)82(22,23)24/h25-28,30-46,73,83-86H,29H2,1-24H3. The topological polar surface area (TPSA) is 80.9 Å². The molecule has 8 aromatic rings. The van der Waals surface area contributed by atoms with Crippen LogP contribution in [0.15, 0.2) is 127 Å². The minimum absolute atomic E-state index is 0.137. The van der Waals surface area contributed by atoms with Crippen molar-refractivity contribution in [3.63, 3.8) is 0 Å². The van der Waals surface area contributed by atoms with Gasteiger partial charge in [0.2, 0.25) is 0 Å². The van der Waals surface area contributed by atoms with Gasteiger partial charge >= 0.3 is 0 Å². The molecule has 8 aromatic carbocycles. The molecule has 0 saturated heterocycles. The second-order valence-corrected chi connectivity index (χ2v) is 36.1. The molecule has 1 unspecified atom stereocenters. The molecule has 0 bridgehead atoms. The zero-order chi connectivity index (χ0) is 64.9. The predicted molar refractivity (Wildman–Crippen MR) is 383 cm³/mol. The first kappa shape index (κ1) is 65.4. The van der Waals surface area contributed by atoms with E-state index in [1.165, 1.54) is 44.3 Å². The number of hydrogen-bond acceptors (Lipinski definition) is 4. The van der Waals surface area contributed by atoms with Crippen LogP contribution < -0.4 is 0 Å². The van der Waals surface area contributed by atoms with Crippen molar-refractivity contribution < 1.29 is 19.6 Å². The highest BCUT2D eigenvalue weighted by atomic mass is 31.2. The molecular formula is C82H100O4P2. The zero-order valence-electron chi connectivity index (χ0n) is 57.6. The van der Waals surface area contributed by atoms with Gasteiger partial charge in [-0.2, -0.15) is 0 Å². The monoisotopic (exact) mass is 1210 g/mol. The number of benzene rings is 8. The molecular weight excluding hydrogens is 1110 g/mol. The summed E-state index contributed by atoms with van der Waals surface area (Å²) in [4.78, 5) is 50.5. The van der Waals surface area contributed by atoms with Gasteiger partial charge in [0.1, 0.15) is 0 Å². The van der Waals surface area contributed by atoms with Crippen molar-refractivity contribution >= 4 is 49.9 Å². The molecule has 0 saturated carbocycles. The average Bonchev–Trinajstić information content (AvgIpc) is 0.689. The van der Waals surface area contributed by atoms with Gasteiger partial charge in [-0.3, -0.25) is 0 Å². The molecule has 0 fully saturated rings. The molecule has 0 radical (unpaired) electrons. The summed E-state index contributed by atoms with van der Waals surface area (Å²) in [7, 11) is -5.86. The molecule has 0 spiro atoms. The molecule has 2 aliphatic carbocycles. The van der Waals surface area contributed by atoms with Crippen LogP contribution >= 0.6 is 16.8 Å². The van der Waals surface area contributed by atoms with Crippen LogP contribution in [0.3, 0.4) is 0 Å². The smallest absolute Gasteiger partial charge is 0.197 e. The van der Waals surface area contributed by atoms with E-state index in [-0.39, 0.29) is 43.2 Å². The molecule has 462 valence electrons. The van der Waals surface area contributed by atoms with Gasteiger partial charge in [-0.25, -0.2) is 0 Å². The van der Waals surface area contributed by atoms with Crippen LogP contribution in [0.2, 0.25) is 0 Å². The van der Waals surface area contributed by atoms with Gasteiger partial charge < -0.3 is 19.6 Å². The third kappa shape index (κ3) is 11.7. The third-order valence-corrected chi connectivity index (χ3v) is 21.0. The van der Waals surface area contributed by atoms with Gasteiger partial charge in [-0.1, -0.05) is 294 Å². The highest BCUT2D eigenvalue weighted by molar-refractivity contribution is 7.54. The van der Waals surface area contributed by atoms with Crippen molar-refractivity contribution in [2.24, 2.45) is 0 Å². The summed E-state index contributed by atoms with van der Waals surface area (Å²) in [6.07, 6.45) is 5.44. The molecule has 1 atom stereocenters. The molecule has 4 N–H and O–H groups in total. The first-order valence-electron chi connectivity index (χ1n) is 32.0. The lowest BCUT2D eigenvalue weighted by molar-refractivity contribution is 0.466. The van der Waals surface area contributed by atoms with Crippen LogP contribution in [0.25, 0.3) is 77.7 Å². The van der Waals surface area contributed by atoms with E-state index < -0.39 is 27.8 Å². The summed E-state index contributed by atoms with van der Waals surface area (Å²) < 4.78 is 0. The Morgan fingerprint density at radius 2 is 0.750 bits per heavy atom. The summed E-state index contributed by atoms with van der Waals surface area (Å²) in [5.41, 5.74) is 20.1. The maximum Gasteiger partial charge on any atom is 0.197 e. The number of rotatable bonds is 7. The quantitative estimate of drug-likeness (QED) is 0.120. The summed E-state index contributed by atoms with van der Waals surface area (Å²) in [6, 6.07) is 44.0. The molecule has 0 aliphatic heterocycles. The maximum absolute atomic E-state index is 12.7. The first-order chi connectivity index (χ1) is 40.4. The van der Waals surface area contributed by atoms with Crippen molar-refractivity contribution in [1.29, 1.82) is 0 Å². The van der Waals surface area contributed by atoms with Crippen molar-refractivity contribution in [2.75, 3.05) is 0 Å². The van der Waals surface area contributed by atoms with Gasteiger partial charge in [0.15, 0.2) is 16.8 Å². The number of allylic oxidation sites excluding steroid dienone is 2. The Kier molecular flexibility index (Phi) is 16.4. The SMILES string of the molecule is CC(C)(C)c1ccc(C2=C(P(O)O)C(P(O)O)c3ccc(-c4ccc(C(C)(C)C)cc4C(C)(C)C)c4c(-c5ccc(C(C)(C)C)cc5C(C)(C)C)c(-c5ccc(C(C)(C)C)cc5C(C)(C)C)c(-c5ccc6cccc7c6c5C=CC7)c2c34)c(C(C)(C)C)c1. The maximum atomic E-state index is 12.7. The Balaban J connectivity index is 1.68. The Hall–Kier alpha value is -5.54. The van der Waals surface area contributed by atoms with Gasteiger partial charge in [-0.05, 0) is 194 Å². The van der Waals surface area contributed by atoms with E-state index in [2.05, 4.69) is 294 Å². The van der Waals surface area contributed by atoms with E-state index >= 15 is 0 Å². The lowest BCUT2D eigenvalue weighted by atomic mass is 9.67. The lowest BCUT2D eigenvalue weighted by Gasteiger charge is -2.39. The highest BCUT2D eigenvalue weighted by Crippen LogP contribution is 2.69. The molecule has 88 heavy (non-hydrogen) atoms. The van der Waals surface area contributed by atoms with Crippen LogP contribution in [0.1, 0.15) is 244 Å². The van der Waals surface area contributed by atoms with Crippen molar-refractivity contribution in [1.82, 2.24) is 0 Å². The van der Waals surface area contributed by atoms with Crippen LogP contribution in [0.5, 0.6) is 0 Å². The van der Waals surface area contributed by atoms with Crippen LogP contribution in [-0.2, 0) is 49.7 Å². The Morgan fingerprint density at radius 1 is 0.352 bits per heavy atom. The van der Waals surface area contributed by atoms with E-state index in [9.17, 15) is 19.6 Å². The highest BCUT2D eigenvalue weighted by Gasteiger charge is 2.45. The predicted octanol–water partition coefficient (Wildman–Crippen LogP) is 23.0. The molecule has 6 heteroatoms. The van der Waals surface area contributed by atoms with E-state index in [4.69, 9.17) is 0 Å². The molecule has 10 rings (SSSR count). The van der Waals surface area contributed by atoms with Crippen molar-refractivity contribution in [3.05, 3.63) is 199 Å². The molecule has 2 aliphatic rings. The minimum atomic E-state index is -2.97. The normalized spacial score (nSPS) is 15.5. The summed E-state index contributed by atoms with van der Waals surface area (Å²) in [6.45, 7) is 55.2. The molecule has 4 nitrogen and oxygen atoms in total. The summed E-state index contributed by atoms with van der Waals surface area (Å²) in [5.74, 6) is 0.